The van der Waals surface area contributed by atoms with Gasteiger partial charge < -0.3 is 5.32 Å². The Labute approximate surface area is 172 Å². The Kier molecular flexibility index (Phi) is 6.15. The maximum atomic E-state index is 12.9. The highest BCUT2D eigenvalue weighted by atomic mass is 32.2. The van der Waals surface area contributed by atoms with Crippen molar-refractivity contribution in [3.63, 3.8) is 0 Å². The monoisotopic (exact) mass is 408 g/mol. The Morgan fingerprint density at radius 3 is 2.24 bits per heavy atom. The van der Waals surface area contributed by atoms with Gasteiger partial charge in [-0.1, -0.05) is 54.6 Å². The van der Waals surface area contributed by atoms with Crippen LogP contribution in [0.15, 0.2) is 83.8 Å². The van der Waals surface area contributed by atoms with Crippen LogP contribution in [0.3, 0.4) is 0 Å². The van der Waals surface area contributed by atoms with E-state index in [0.717, 1.165) is 11.1 Å². The number of amides is 1. The van der Waals surface area contributed by atoms with E-state index in [9.17, 15) is 13.2 Å². The molecule has 0 aliphatic rings. The van der Waals surface area contributed by atoms with Crippen molar-refractivity contribution in [3.8, 4) is 11.1 Å². The first kappa shape index (κ1) is 20.8. The molecule has 6 heteroatoms. The molecule has 3 rings (SSSR count). The summed E-state index contributed by atoms with van der Waals surface area (Å²) in [5.41, 5.74) is 2.82. The van der Waals surface area contributed by atoms with Crippen LogP contribution in [0, 0.1) is 0 Å². The molecule has 0 aliphatic carbocycles. The van der Waals surface area contributed by atoms with Crippen LogP contribution in [0.2, 0.25) is 0 Å². The molecule has 0 bridgehead atoms. The van der Waals surface area contributed by atoms with Gasteiger partial charge in [0.15, 0.2) is 0 Å². The van der Waals surface area contributed by atoms with Crippen molar-refractivity contribution in [2.24, 2.45) is 0 Å². The number of para-hydroxylation sites is 1. The Morgan fingerprint density at radius 1 is 0.897 bits per heavy atom. The molecule has 5 nitrogen and oxygen atoms in total. The lowest BCUT2D eigenvalue weighted by Crippen LogP contribution is -2.33. The maximum absolute atomic E-state index is 12.9. The molecule has 1 N–H and O–H groups in total. The summed E-state index contributed by atoms with van der Waals surface area (Å²) in [5.74, 6) is -0.363. The van der Waals surface area contributed by atoms with Gasteiger partial charge in [-0.3, -0.25) is 4.79 Å². The van der Waals surface area contributed by atoms with Crippen LogP contribution < -0.4 is 5.32 Å². The van der Waals surface area contributed by atoms with Gasteiger partial charge in [0.25, 0.3) is 5.91 Å². The van der Waals surface area contributed by atoms with Crippen LogP contribution in [-0.2, 0) is 10.0 Å². The van der Waals surface area contributed by atoms with Gasteiger partial charge in [0.05, 0.1) is 4.90 Å². The maximum Gasteiger partial charge on any atom is 0.255 e. The van der Waals surface area contributed by atoms with Crippen LogP contribution in [0.1, 0.15) is 24.2 Å². The number of hydrogen-bond donors (Lipinski definition) is 1. The lowest BCUT2D eigenvalue weighted by Gasteiger charge is -2.21. The molecular formula is C23H24N2O3S. The van der Waals surface area contributed by atoms with Gasteiger partial charge in [0.1, 0.15) is 0 Å². The number of carbonyl (C=O) groups is 1. The molecule has 0 fully saturated rings. The van der Waals surface area contributed by atoms with E-state index in [4.69, 9.17) is 0 Å². The molecule has 0 atom stereocenters. The second-order valence-electron chi connectivity index (χ2n) is 7.01. The van der Waals surface area contributed by atoms with Crippen molar-refractivity contribution in [1.82, 2.24) is 4.31 Å². The number of benzene rings is 3. The van der Waals surface area contributed by atoms with Crippen LogP contribution in [0.5, 0.6) is 0 Å². The van der Waals surface area contributed by atoms with Gasteiger partial charge in [-0.15, -0.1) is 0 Å². The highest BCUT2D eigenvalue weighted by Crippen LogP contribution is 2.28. The third kappa shape index (κ3) is 4.55. The van der Waals surface area contributed by atoms with Gasteiger partial charge in [-0.2, -0.15) is 4.31 Å². The zero-order chi connectivity index (χ0) is 21.0. The third-order valence-corrected chi connectivity index (χ3v) is 6.79. The summed E-state index contributed by atoms with van der Waals surface area (Å²) >= 11 is 0. The number of nitrogens with one attached hydrogen (secondary N) is 1. The van der Waals surface area contributed by atoms with Gasteiger partial charge in [0, 0.05) is 29.9 Å². The van der Waals surface area contributed by atoms with E-state index in [-0.39, 0.29) is 22.4 Å². The number of anilines is 1. The van der Waals surface area contributed by atoms with E-state index in [0.29, 0.717) is 5.69 Å². The minimum absolute atomic E-state index is 0.0951. The Bertz CT molecular complexity index is 1110. The molecule has 0 aromatic heterocycles. The van der Waals surface area contributed by atoms with E-state index in [1.165, 1.54) is 23.5 Å². The molecule has 150 valence electrons. The van der Waals surface area contributed by atoms with Crippen molar-refractivity contribution < 1.29 is 13.2 Å². The molecule has 0 radical (unpaired) electrons. The quantitative estimate of drug-likeness (QED) is 0.646. The fraction of sp³-hybridized carbons (Fsp3) is 0.174. The normalized spacial score (nSPS) is 11.6. The first-order chi connectivity index (χ1) is 13.8. The standard InChI is InChI=1S/C23H24N2O3S/c1-17(2)25(3)29(27,28)20-13-9-12-19(16-20)23(26)24-22-15-8-7-14-21(22)18-10-5-4-6-11-18/h4-17H,1-3H3,(H,24,26). The van der Waals surface area contributed by atoms with Crippen molar-refractivity contribution in [1.29, 1.82) is 0 Å². The molecule has 0 saturated carbocycles. The predicted octanol–water partition coefficient (Wildman–Crippen LogP) is 4.63. The molecule has 0 unspecified atom stereocenters. The fourth-order valence-electron chi connectivity index (χ4n) is 2.90. The molecular weight excluding hydrogens is 384 g/mol. The summed E-state index contributed by atoms with van der Waals surface area (Å²) in [7, 11) is -2.13. The Hall–Kier alpha value is -2.96. The zero-order valence-electron chi connectivity index (χ0n) is 16.7. The van der Waals surface area contributed by atoms with Crippen LogP contribution in [0.25, 0.3) is 11.1 Å². The molecule has 0 saturated heterocycles. The van der Waals surface area contributed by atoms with Gasteiger partial charge in [-0.05, 0) is 43.7 Å². The van der Waals surface area contributed by atoms with Crippen molar-refractivity contribution >= 4 is 21.6 Å². The summed E-state index contributed by atoms with van der Waals surface area (Å²) in [6.45, 7) is 3.60. The summed E-state index contributed by atoms with van der Waals surface area (Å²) < 4.78 is 26.8. The molecule has 0 heterocycles. The van der Waals surface area contributed by atoms with Crippen LogP contribution in [0.4, 0.5) is 5.69 Å². The van der Waals surface area contributed by atoms with Gasteiger partial charge in [0.2, 0.25) is 10.0 Å². The molecule has 0 spiro atoms. The summed E-state index contributed by atoms with van der Waals surface area (Å²) in [6, 6.07) is 23.2. The highest BCUT2D eigenvalue weighted by molar-refractivity contribution is 7.89. The number of carbonyl (C=O) groups excluding carboxylic acids is 1. The third-order valence-electron chi connectivity index (χ3n) is 4.76. The summed E-state index contributed by atoms with van der Waals surface area (Å²) in [6.07, 6.45) is 0. The van der Waals surface area contributed by atoms with E-state index < -0.39 is 10.0 Å². The molecule has 3 aromatic carbocycles. The minimum Gasteiger partial charge on any atom is -0.321 e. The average molecular weight is 409 g/mol. The Balaban J connectivity index is 1.91. The second-order valence-corrected chi connectivity index (χ2v) is 9.01. The summed E-state index contributed by atoms with van der Waals surface area (Å²) in [5, 5.41) is 2.91. The fourth-order valence-corrected chi connectivity index (χ4v) is 4.31. The van der Waals surface area contributed by atoms with Gasteiger partial charge in [-0.25, -0.2) is 8.42 Å². The van der Waals surface area contributed by atoms with E-state index in [1.807, 2.05) is 54.6 Å². The first-order valence-electron chi connectivity index (χ1n) is 9.34. The molecule has 1 amide bonds. The Morgan fingerprint density at radius 2 is 1.55 bits per heavy atom. The SMILES string of the molecule is CC(C)N(C)S(=O)(=O)c1cccc(C(=O)Nc2ccccc2-c2ccccc2)c1. The minimum atomic E-state index is -3.66. The van der Waals surface area contributed by atoms with Crippen molar-refractivity contribution in [2.45, 2.75) is 24.8 Å². The lowest BCUT2D eigenvalue weighted by atomic mass is 10.0. The summed E-state index contributed by atoms with van der Waals surface area (Å²) in [4.78, 5) is 13.0. The number of rotatable bonds is 6. The van der Waals surface area contributed by atoms with Crippen molar-refractivity contribution in [3.05, 3.63) is 84.4 Å². The molecule has 0 aliphatic heterocycles. The zero-order valence-corrected chi connectivity index (χ0v) is 17.5. The van der Waals surface area contributed by atoms with Crippen LogP contribution >= 0.6 is 0 Å². The number of sulfonamides is 1. The lowest BCUT2D eigenvalue weighted by molar-refractivity contribution is 0.102. The second kappa shape index (κ2) is 8.59. The molecule has 3 aromatic rings. The van der Waals surface area contributed by atoms with Crippen LogP contribution in [-0.4, -0.2) is 31.7 Å². The number of hydrogen-bond acceptors (Lipinski definition) is 3. The molecule has 29 heavy (non-hydrogen) atoms. The number of nitrogens with zero attached hydrogens (tertiary/aromatic N) is 1. The van der Waals surface area contributed by atoms with Crippen molar-refractivity contribution in [2.75, 3.05) is 12.4 Å². The average Bonchev–Trinajstić information content (AvgIpc) is 2.74. The predicted molar refractivity (Wildman–Crippen MR) is 116 cm³/mol. The van der Waals surface area contributed by atoms with E-state index in [1.54, 1.807) is 26.0 Å². The first-order valence-corrected chi connectivity index (χ1v) is 10.8. The van der Waals surface area contributed by atoms with E-state index >= 15 is 0 Å². The largest absolute Gasteiger partial charge is 0.321 e. The van der Waals surface area contributed by atoms with Gasteiger partial charge >= 0.3 is 0 Å². The highest BCUT2D eigenvalue weighted by Gasteiger charge is 2.24. The smallest absolute Gasteiger partial charge is 0.255 e. The van der Waals surface area contributed by atoms with E-state index in [2.05, 4.69) is 5.32 Å². The topological polar surface area (TPSA) is 66.5 Å².